The van der Waals surface area contributed by atoms with Crippen molar-refractivity contribution < 1.29 is 27.9 Å². The fraction of sp³-hybridized carbons (Fsp3) is 0.500. The lowest BCUT2D eigenvalue weighted by atomic mass is 9.50. The van der Waals surface area contributed by atoms with Crippen molar-refractivity contribution in [2.75, 3.05) is 0 Å². The number of aromatic nitrogens is 3. The van der Waals surface area contributed by atoms with Crippen LogP contribution in [0.1, 0.15) is 65.2 Å². The molecule has 4 saturated carbocycles. The molecule has 6 rings (SSSR count). The highest BCUT2D eigenvalue weighted by Crippen LogP contribution is 2.56. The molecule has 2 heterocycles. The van der Waals surface area contributed by atoms with Gasteiger partial charge in [0.05, 0.1) is 12.4 Å². The van der Waals surface area contributed by atoms with E-state index in [2.05, 4.69) is 20.3 Å². The highest BCUT2D eigenvalue weighted by molar-refractivity contribution is 5.92. The summed E-state index contributed by atoms with van der Waals surface area (Å²) in [4.78, 5) is 32.7. The predicted octanol–water partition coefficient (Wildman–Crippen LogP) is 3.06. The number of halogens is 3. The second kappa shape index (κ2) is 8.36. The van der Waals surface area contributed by atoms with Crippen molar-refractivity contribution in [3.05, 3.63) is 53.9 Å². The molecular weight excluding hydrogens is 439 g/mol. The van der Waals surface area contributed by atoms with Crippen LogP contribution in [0.3, 0.4) is 0 Å². The fourth-order valence-electron chi connectivity index (χ4n) is 5.89. The minimum Gasteiger partial charge on any atom is -0.476 e. The summed E-state index contributed by atoms with van der Waals surface area (Å²) in [6, 6.07) is 5.45. The summed E-state index contributed by atoms with van der Waals surface area (Å²) in [7, 11) is 0. The normalized spacial score (nSPS) is 29.7. The Labute approximate surface area is 187 Å². The maximum absolute atomic E-state index is 12.4. The van der Waals surface area contributed by atoms with Gasteiger partial charge in [0.1, 0.15) is 5.69 Å². The lowest BCUT2D eigenvalue weighted by molar-refractivity contribution is -0.141. The van der Waals surface area contributed by atoms with Gasteiger partial charge in [-0.15, -0.1) is 0 Å². The summed E-state index contributed by atoms with van der Waals surface area (Å²) in [5.74, 6) is -0.190. The topological polar surface area (TPSA) is 131 Å². The molecule has 0 saturated heterocycles. The highest BCUT2D eigenvalue weighted by Gasteiger charge is 2.56. The first-order valence-electron chi connectivity index (χ1n) is 10.6. The number of nitrogens with zero attached hydrogens (tertiary/aromatic N) is 3. The van der Waals surface area contributed by atoms with E-state index in [1.165, 1.54) is 6.42 Å². The maximum Gasteiger partial charge on any atom is 0.434 e. The molecule has 11 heteroatoms. The molecule has 4 N–H and O–H groups in total. The van der Waals surface area contributed by atoms with Gasteiger partial charge in [-0.05, 0) is 62.5 Å². The maximum atomic E-state index is 12.4. The van der Waals surface area contributed by atoms with Gasteiger partial charge in [-0.1, -0.05) is 6.07 Å². The molecule has 0 radical (unpaired) electrons. The zero-order valence-electron chi connectivity index (χ0n) is 17.7. The Morgan fingerprint density at radius 3 is 2.33 bits per heavy atom. The van der Waals surface area contributed by atoms with Gasteiger partial charge in [0.25, 0.3) is 5.91 Å². The van der Waals surface area contributed by atoms with Crippen LogP contribution in [0, 0.1) is 11.8 Å². The third-order valence-corrected chi connectivity index (χ3v) is 6.53. The molecule has 4 fully saturated rings. The van der Waals surface area contributed by atoms with Crippen LogP contribution in [0.4, 0.5) is 13.2 Å². The van der Waals surface area contributed by atoms with Gasteiger partial charge in [-0.3, -0.25) is 14.8 Å². The van der Waals surface area contributed by atoms with Crippen LogP contribution in [0.15, 0.2) is 36.8 Å². The van der Waals surface area contributed by atoms with Crippen molar-refractivity contribution in [2.24, 2.45) is 17.6 Å². The van der Waals surface area contributed by atoms with Gasteiger partial charge < -0.3 is 16.2 Å². The number of amides is 1. The number of hydrogen-bond donors (Lipinski definition) is 3. The number of rotatable bonds is 3. The van der Waals surface area contributed by atoms with Crippen LogP contribution in [0.25, 0.3) is 0 Å². The van der Waals surface area contributed by atoms with E-state index in [0.717, 1.165) is 38.3 Å². The third-order valence-electron chi connectivity index (χ3n) is 6.53. The molecule has 1 amide bonds. The summed E-state index contributed by atoms with van der Waals surface area (Å²) in [6.45, 7) is 0. The van der Waals surface area contributed by atoms with Crippen molar-refractivity contribution in [3.8, 4) is 0 Å². The second-order valence-corrected chi connectivity index (χ2v) is 9.37. The minimum absolute atomic E-state index is 0.0402. The molecule has 176 valence electrons. The number of nitrogens with one attached hydrogen (secondary N) is 1. The Morgan fingerprint density at radius 2 is 1.79 bits per heavy atom. The number of carboxylic acid groups (broad SMARTS) is 1. The molecule has 4 bridgehead atoms. The Balaban J connectivity index is 0.000000174. The number of carbonyl (C=O) groups excluding carboxylic acids is 1. The second-order valence-electron chi connectivity index (χ2n) is 9.37. The Hall–Kier alpha value is -3.08. The molecule has 0 aliphatic heterocycles. The predicted molar refractivity (Wildman–Crippen MR) is 110 cm³/mol. The molecule has 4 aliphatic carbocycles. The Morgan fingerprint density at radius 1 is 1.09 bits per heavy atom. The fourth-order valence-corrected chi connectivity index (χ4v) is 5.89. The number of carboxylic acids is 1. The lowest BCUT2D eigenvalue weighted by Gasteiger charge is -2.61. The van der Waals surface area contributed by atoms with Crippen LogP contribution in [0.5, 0.6) is 0 Å². The number of alkyl halides is 3. The zero-order chi connectivity index (χ0) is 23.9. The van der Waals surface area contributed by atoms with Crippen LogP contribution in [-0.4, -0.2) is 43.0 Å². The first-order valence-corrected chi connectivity index (χ1v) is 10.6. The summed E-state index contributed by atoms with van der Waals surface area (Å²) in [5, 5.41) is 11.6. The van der Waals surface area contributed by atoms with E-state index in [1.54, 1.807) is 12.3 Å². The van der Waals surface area contributed by atoms with Crippen LogP contribution in [0.2, 0.25) is 0 Å². The van der Waals surface area contributed by atoms with E-state index in [1.807, 2.05) is 12.1 Å². The van der Waals surface area contributed by atoms with E-state index in [4.69, 9.17) is 10.8 Å². The quantitative estimate of drug-likeness (QED) is 0.638. The van der Waals surface area contributed by atoms with Crippen molar-refractivity contribution in [2.45, 2.75) is 55.8 Å². The van der Waals surface area contributed by atoms with Crippen molar-refractivity contribution >= 4 is 11.9 Å². The highest BCUT2D eigenvalue weighted by atomic mass is 19.4. The third kappa shape index (κ3) is 5.13. The van der Waals surface area contributed by atoms with Crippen molar-refractivity contribution in [1.29, 1.82) is 0 Å². The number of hydrogen-bond acceptors (Lipinski definition) is 6. The van der Waals surface area contributed by atoms with Gasteiger partial charge in [0, 0.05) is 17.3 Å². The van der Waals surface area contributed by atoms with Gasteiger partial charge in [-0.2, -0.15) is 13.2 Å². The minimum atomic E-state index is -4.67. The molecule has 33 heavy (non-hydrogen) atoms. The van der Waals surface area contributed by atoms with E-state index >= 15 is 0 Å². The number of nitrogens with two attached hydrogens (primary N) is 1. The summed E-state index contributed by atoms with van der Waals surface area (Å²) in [6.07, 6.45) is 4.94. The van der Waals surface area contributed by atoms with Gasteiger partial charge in [0.2, 0.25) is 0 Å². The first kappa shape index (κ1) is 23.1. The molecule has 2 aromatic rings. The smallest absolute Gasteiger partial charge is 0.434 e. The summed E-state index contributed by atoms with van der Waals surface area (Å²) in [5.41, 5.74) is 4.91. The monoisotopic (exact) mass is 463 g/mol. The van der Waals surface area contributed by atoms with Gasteiger partial charge >= 0.3 is 12.1 Å². The molecule has 8 nitrogen and oxygen atoms in total. The zero-order valence-corrected chi connectivity index (χ0v) is 17.7. The largest absolute Gasteiger partial charge is 0.476 e. The van der Waals surface area contributed by atoms with E-state index in [0.29, 0.717) is 23.7 Å². The summed E-state index contributed by atoms with van der Waals surface area (Å²) >= 11 is 0. The Bertz CT molecular complexity index is 1030. The molecular formula is C22H24F3N5O3. The van der Waals surface area contributed by atoms with E-state index in [9.17, 15) is 22.8 Å². The molecule has 0 spiro atoms. The first-order chi connectivity index (χ1) is 15.5. The number of pyridine rings is 1. The molecule has 0 aromatic carbocycles. The van der Waals surface area contributed by atoms with Gasteiger partial charge in [0.15, 0.2) is 11.4 Å². The van der Waals surface area contributed by atoms with Crippen molar-refractivity contribution in [3.63, 3.8) is 0 Å². The molecule has 2 atom stereocenters. The Kier molecular flexibility index (Phi) is 5.85. The SMILES string of the molecule is NC12CC3CC(C1)CC(NC(=O)c1ccccn1)(C3)C2.O=C(O)c1cncc(C(F)(F)F)n1. The summed E-state index contributed by atoms with van der Waals surface area (Å²) < 4.78 is 35.8. The van der Waals surface area contributed by atoms with Crippen molar-refractivity contribution in [1.82, 2.24) is 20.3 Å². The van der Waals surface area contributed by atoms with Crippen LogP contribution >= 0.6 is 0 Å². The molecule has 2 aromatic heterocycles. The number of aromatic carboxylic acids is 1. The average Bonchev–Trinajstić information content (AvgIpc) is 2.72. The van der Waals surface area contributed by atoms with E-state index in [-0.39, 0.29) is 17.0 Å². The lowest BCUT2D eigenvalue weighted by Crippen LogP contribution is -2.68. The molecule has 4 aliphatic rings. The van der Waals surface area contributed by atoms with Crippen LogP contribution < -0.4 is 11.1 Å². The average molecular weight is 463 g/mol. The van der Waals surface area contributed by atoms with Crippen LogP contribution in [-0.2, 0) is 6.18 Å². The standard InChI is InChI=1S/C16H21N3O.C6H3F3N2O2/c17-15-6-11-5-12(7-15)9-16(8-11,10-15)19-14(20)13-3-1-2-4-18-13;7-6(8,9)4-2-10-1-3(11-4)5(12)13/h1-4,11-12H,5-10,17H2,(H,19,20);1-2H,(H,12,13). The van der Waals surface area contributed by atoms with E-state index < -0.39 is 23.5 Å². The number of carbonyl (C=O) groups is 2. The van der Waals surface area contributed by atoms with Gasteiger partial charge in [-0.25, -0.2) is 9.78 Å². The molecule has 2 unspecified atom stereocenters.